The van der Waals surface area contributed by atoms with Crippen molar-refractivity contribution in [3.63, 3.8) is 0 Å². The molecule has 0 fully saturated rings. The summed E-state index contributed by atoms with van der Waals surface area (Å²) in [6.45, 7) is 4.49. The largest absolute Gasteiger partial charge is 0.419 e. The van der Waals surface area contributed by atoms with E-state index in [0.717, 1.165) is 0 Å². The first-order valence-corrected chi connectivity index (χ1v) is 9.64. The van der Waals surface area contributed by atoms with Crippen LogP contribution in [0, 0.1) is 0 Å². The van der Waals surface area contributed by atoms with Crippen LogP contribution in [0.1, 0.15) is 36.3 Å². The summed E-state index contributed by atoms with van der Waals surface area (Å²) in [4.78, 5) is 53.7. The van der Waals surface area contributed by atoms with Crippen LogP contribution in [0.3, 0.4) is 0 Å². The number of hydrogen-bond acceptors (Lipinski definition) is 7. The zero-order valence-corrected chi connectivity index (χ0v) is 17.5. The SMILES string of the molecule is CCN(CCN(C)C(=O)O[C@H]1c2nccnc2C(=O)N1c1ccc(Cl)cn1)C(C)=O. The van der Waals surface area contributed by atoms with Crippen LogP contribution in [0.4, 0.5) is 10.6 Å². The molecule has 11 heteroatoms. The molecular weight excluding hydrogens is 412 g/mol. The van der Waals surface area contributed by atoms with Gasteiger partial charge in [0.1, 0.15) is 11.5 Å². The number of rotatable bonds is 6. The highest BCUT2D eigenvalue weighted by molar-refractivity contribution is 6.30. The molecule has 0 bridgehead atoms. The zero-order chi connectivity index (χ0) is 21.8. The minimum Gasteiger partial charge on any atom is -0.419 e. The van der Waals surface area contributed by atoms with Crippen molar-refractivity contribution < 1.29 is 19.1 Å². The zero-order valence-electron chi connectivity index (χ0n) is 16.8. The van der Waals surface area contributed by atoms with Crippen LogP contribution in [0.2, 0.25) is 5.02 Å². The molecule has 158 valence electrons. The Bertz CT molecular complexity index is 954. The lowest BCUT2D eigenvalue weighted by Crippen LogP contribution is -2.40. The molecular formula is C19H21ClN6O4. The van der Waals surface area contributed by atoms with Crippen LogP contribution in [0.15, 0.2) is 30.7 Å². The minimum absolute atomic E-state index is 0.0788. The number of halogens is 1. The lowest BCUT2D eigenvalue weighted by molar-refractivity contribution is -0.128. The van der Waals surface area contributed by atoms with Crippen molar-refractivity contribution in [3.05, 3.63) is 47.1 Å². The Labute approximate surface area is 178 Å². The molecule has 1 aliphatic heterocycles. The third-order valence-corrected chi connectivity index (χ3v) is 4.86. The van der Waals surface area contributed by atoms with E-state index in [2.05, 4.69) is 15.0 Å². The Morgan fingerprint density at radius 1 is 1.20 bits per heavy atom. The van der Waals surface area contributed by atoms with Gasteiger partial charge in [-0.25, -0.2) is 19.7 Å². The number of hydrogen-bond donors (Lipinski definition) is 0. The maximum absolute atomic E-state index is 12.9. The smallest absolute Gasteiger partial charge is 0.411 e. The highest BCUT2D eigenvalue weighted by Crippen LogP contribution is 2.35. The van der Waals surface area contributed by atoms with Crippen molar-refractivity contribution in [2.75, 3.05) is 31.6 Å². The van der Waals surface area contributed by atoms with Gasteiger partial charge >= 0.3 is 6.09 Å². The maximum atomic E-state index is 12.9. The quantitative estimate of drug-likeness (QED) is 0.687. The van der Waals surface area contributed by atoms with Crippen molar-refractivity contribution in [1.82, 2.24) is 24.8 Å². The molecule has 0 unspecified atom stereocenters. The number of carbonyl (C=O) groups is 3. The summed E-state index contributed by atoms with van der Waals surface area (Å²) in [6, 6.07) is 3.12. The first-order valence-electron chi connectivity index (χ1n) is 9.26. The van der Waals surface area contributed by atoms with E-state index in [0.29, 0.717) is 18.1 Å². The van der Waals surface area contributed by atoms with Crippen LogP contribution in [-0.2, 0) is 9.53 Å². The van der Waals surface area contributed by atoms with Gasteiger partial charge in [-0.3, -0.25) is 14.6 Å². The fourth-order valence-corrected chi connectivity index (χ4v) is 3.08. The van der Waals surface area contributed by atoms with E-state index < -0.39 is 18.2 Å². The Morgan fingerprint density at radius 2 is 1.93 bits per heavy atom. The number of aromatic nitrogens is 3. The Balaban J connectivity index is 1.80. The Kier molecular flexibility index (Phi) is 6.46. The first kappa shape index (κ1) is 21.4. The molecule has 0 aliphatic carbocycles. The predicted octanol–water partition coefficient (Wildman–Crippen LogP) is 2.12. The molecule has 3 amide bonds. The van der Waals surface area contributed by atoms with Crippen LogP contribution >= 0.6 is 11.6 Å². The molecule has 0 saturated carbocycles. The third kappa shape index (κ3) is 4.33. The topological polar surface area (TPSA) is 109 Å². The summed E-state index contributed by atoms with van der Waals surface area (Å²) in [5.74, 6) is -0.314. The Hall–Kier alpha value is -3.27. The number of amides is 3. The van der Waals surface area contributed by atoms with Gasteiger partial charge < -0.3 is 14.5 Å². The van der Waals surface area contributed by atoms with E-state index in [4.69, 9.17) is 16.3 Å². The van der Waals surface area contributed by atoms with E-state index in [1.54, 1.807) is 24.1 Å². The van der Waals surface area contributed by atoms with Crippen molar-refractivity contribution >= 4 is 35.3 Å². The van der Waals surface area contributed by atoms with Gasteiger partial charge in [-0.15, -0.1) is 0 Å². The minimum atomic E-state index is -1.13. The summed E-state index contributed by atoms with van der Waals surface area (Å²) >= 11 is 5.89. The lowest BCUT2D eigenvalue weighted by Gasteiger charge is -2.27. The molecule has 0 spiro atoms. The molecule has 0 aromatic carbocycles. The number of likely N-dealkylation sites (N-methyl/N-ethyl adjacent to an activating group) is 2. The Morgan fingerprint density at radius 3 is 2.57 bits per heavy atom. The molecule has 1 aliphatic rings. The van der Waals surface area contributed by atoms with Crippen molar-refractivity contribution in [2.45, 2.75) is 20.1 Å². The molecule has 30 heavy (non-hydrogen) atoms. The highest BCUT2D eigenvalue weighted by atomic mass is 35.5. The monoisotopic (exact) mass is 432 g/mol. The van der Waals surface area contributed by atoms with Gasteiger partial charge in [-0.1, -0.05) is 11.6 Å². The van der Waals surface area contributed by atoms with Gasteiger partial charge in [0, 0.05) is 52.2 Å². The van der Waals surface area contributed by atoms with Gasteiger partial charge in [0.15, 0.2) is 5.69 Å². The molecule has 0 radical (unpaired) electrons. The molecule has 3 heterocycles. The second kappa shape index (κ2) is 9.04. The molecule has 2 aromatic rings. The van der Waals surface area contributed by atoms with Crippen LogP contribution < -0.4 is 4.90 Å². The number of pyridine rings is 1. The van der Waals surface area contributed by atoms with Gasteiger partial charge in [-0.2, -0.15) is 0 Å². The fraction of sp³-hybridized carbons (Fsp3) is 0.368. The second-order valence-electron chi connectivity index (χ2n) is 6.56. The summed E-state index contributed by atoms with van der Waals surface area (Å²) in [5, 5.41) is 0.401. The van der Waals surface area contributed by atoms with E-state index >= 15 is 0 Å². The molecule has 2 aromatic heterocycles. The van der Waals surface area contributed by atoms with Crippen LogP contribution in [-0.4, -0.2) is 69.3 Å². The van der Waals surface area contributed by atoms with Crippen LogP contribution in [0.5, 0.6) is 0 Å². The lowest BCUT2D eigenvalue weighted by atomic mass is 10.3. The first-order chi connectivity index (χ1) is 14.3. The predicted molar refractivity (Wildman–Crippen MR) is 108 cm³/mol. The summed E-state index contributed by atoms with van der Waals surface area (Å²) in [6.07, 6.45) is 2.40. The standard InChI is InChI=1S/C19H21ClN6O4/c1-4-25(12(2)27)10-9-24(3)19(29)30-18-16-15(21-7-8-22-16)17(28)26(18)14-6-5-13(20)11-23-14/h5-8,11,18H,4,9-10H2,1-3H3/t18-/m0/s1. The molecule has 10 nitrogen and oxygen atoms in total. The van der Waals surface area contributed by atoms with Gasteiger partial charge in [0.05, 0.1) is 5.02 Å². The fourth-order valence-electron chi connectivity index (χ4n) is 2.97. The van der Waals surface area contributed by atoms with Gasteiger partial charge in [-0.05, 0) is 19.1 Å². The normalized spacial score (nSPS) is 15.0. The summed E-state index contributed by atoms with van der Waals surface area (Å²) in [5.41, 5.74) is 0.309. The van der Waals surface area contributed by atoms with E-state index in [1.807, 2.05) is 6.92 Å². The highest BCUT2D eigenvalue weighted by Gasteiger charge is 2.44. The second-order valence-corrected chi connectivity index (χ2v) is 6.99. The summed E-state index contributed by atoms with van der Waals surface area (Å²) in [7, 11) is 1.55. The molecule has 3 rings (SSSR count). The maximum Gasteiger partial charge on any atom is 0.411 e. The summed E-state index contributed by atoms with van der Waals surface area (Å²) < 4.78 is 5.61. The molecule has 1 atom stereocenters. The number of carbonyl (C=O) groups excluding carboxylic acids is 3. The van der Waals surface area contributed by atoms with Crippen molar-refractivity contribution in [1.29, 1.82) is 0 Å². The average Bonchev–Trinajstić information content (AvgIpc) is 3.00. The molecule has 0 N–H and O–H groups in total. The number of anilines is 1. The number of ether oxygens (including phenoxy) is 1. The van der Waals surface area contributed by atoms with Crippen LogP contribution in [0.25, 0.3) is 0 Å². The van der Waals surface area contributed by atoms with Gasteiger partial charge in [0.2, 0.25) is 12.1 Å². The van der Waals surface area contributed by atoms with Crippen molar-refractivity contribution in [3.8, 4) is 0 Å². The average molecular weight is 433 g/mol. The van der Waals surface area contributed by atoms with E-state index in [1.165, 1.54) is 35.3 Å². The number of nitrogens with zero attached hydrogens (tertiary/aromatic N) is 6. The van der Waals surface area contributed by atoms with E-state index in [-0.39, 0.29) is 29.7 Å². The van der Waals surface area contributed by atoms with Gasteiger partial charge in [0.25, 0.3) is 5.91 Å². The molecule has 0 saturated heterocycles. The third-order valence-electron chi connectivity index (χ3n) is 4.63. The van der Waals surface area contributed by atoms with Crippen molar-refractivity contribution in [2.24, 2.45) is 0 Å². The number of fused-ring (bicyclic) bond motifs is 1. The van der Waals surface area contributed by atoms with E-state index in [9.17, 15) is 14.4 Å².